The van der Waals surface area contributed by atoms with Crippen LogP contribution in [0.4, 0.5) is 5.69 Å². The lowest BCUT2D eigenvalue weighted by molar-refractivity contribution is -0.122. The Morgan fingerprint density at radius 2 is 1.73 bits per heavy atom. The monoisotopic (exact) mass is 405 g/mol. The van der Waals surface area contributed by atoms with Crippen LogP contribution in [0.25, 0.3) is 21.9 Å². The van der Waals surface area contributed by atoms with E-state index in [0.717, 1.165) is 22.1 Å². The Bertz CT molecular complexity index is 1180. The fourth-order valence-corrected chi connectivity index (χ4v) is 3.29. The van der Waals surface area contributed by atoms with Crippen LogP contribution in [0.1, 0.15) is 13.8 Å². The first-order valence-corrected chi connectivity index (χ1v) is 9.78. The molecule has 6 nitrogen and oxygen atoms in total. The maximum Gasteiger partial charge on any atom is 0.265 e. The van der Waals surface area contributed by atoms with Crippen molar-refractivity contribution in [3.05, 3.63) is 60.7 Å². The average molecular weight is 405 g/mol. The molecule has 30 heavy (non-hydrogen) atoms. The molecule has 0 saturated carbocycles. The summed E-state index contributed by atoms with van der Waals surface area (Å²) in [4.78, 5) is 12.7. The Hall–Kier alpha value is -3.67. The van der Waals surface area contributed by atoms with Crippen molar-refractivity contribution in [3.8, 4) is 17.2 Å². The largest absolute Gasteiger partial charge is 0.495 e. The molecule has 0 radical (unpaired) electrons. The fraction of sp³-hybridized carbons (Fsp3) is 0.208. The number of anilines is 1. The van der Waals surface area contributed by atoms with Crippen molar-refractivity contribution in [2.75, 3.05) is 19.0 Å². The third-order valence-electron chi connectivity index (χ3n) is 4.77. The van der Waals surface area contributed by atoms with Gasteiger partial charge in [-0.25, -0.2) is 0 Å². The van der Waals surface area contributed by atoms with Gasteiger partial charge in [0.1, 0.15) is 28.4 Å². The van der Waals surface area contributed by atoms with Gasteiger partial charge in [-0.2, -0.15) is 0 Å². The van der Waals surface area contributed by atoms with Crippen LogP contribution in [0.3, 0.4) is 0 Å². The van der Waals surface area contributed by atoms with Crippen LogP contribution in [-0.2, 0) is 4.79 Å². The molecule has 3 aromatic carbocycles. The van der Waals surface area contributed by atoms with Gasteiger partial charge in [-0.1, -0.05) is 18.2 Å². The van der Waals surface area contributed by atoms with Crippen LogP contribution < -0.4 is 19.5 Å². The van der Waals surface area contributed by atoms with E-state index in [4.69, 9.17) is 18.6 Å². The molecule has 0 fully saturated rings. The molecule has 0 aliphatic carbocycles. The first-order chi connectivity index (χ1) is 14.6. The number of fused-ring (bicyclic) bond motifs is 3. The molecule has 0 saturated heterocycles. The summed E-state index contributed by atoms with van der Waals surface area (Å²) in [6.07, 6.45) is -0.709. The SMILES string of the molecule is CCOc1ccc(O[C@H](C)C(=O)Nc2cc3oc4ccccc4c3cc2OC)cc1. The minimum Gasteiger partial charge on any atom is -0.495 e. The van der Waals surface area contributed by atoms with Crippen molar-refractivity contribution in [1.29, 1.82) is 0 Å². The number of amides is 1. The molecular weight excluding hydrogens is 382 g/mol. The molecule has 1 N–H and O–H groups in total. The van der Waals surface area contributed by atoms with Gasteiger partial charge in [-0.3, -0.25) is 4.79 Å². The van der Waals surface area contributed by atoms with E-state index in [9.17, 15) is 4.79 Å². The summed E-state index contributed by atoms with van der Waals surface area (Å²) in [6.45, 7) is 4.21. The lowest BCUT2D eigenvalue weighted by Gasteiger charge is -2.16. The highest BCUT2D eigenvalue weighted by Gasteiger charge is 2.19. The molecule has 0 aliphatic rings. The van der Waals surface area contributed by atoms with Crippen molar-refractivity contribution in [2.45, 2.75) is 20.0 Å². The van der Waals surface area contributed by atoms with Gasteiger partial charge in [0.25, 0.3) is 5.91 Å². The van der Waals surface area contributed by atoms with Gasteiger partial charge >= 0.3 is 0 Å². The Morgan fingerprint density at radius 1 is 1.00 bits per heavy atom. The maximum absolute atomic E-state index is 12.7. The second-order valence-corrected chi connectivity index (χ2v) is 6.80. The highest BCUT2D eigenvalue weighted by atomic mass is 16.5. The zero-order valence-corrected chi connectivity index (χ0v) is 17.1. The zero-order valence-electron chi connectivity index (χ0n) is 17.1. The standard InChI is InChI=1S/C24H23NO5/c1-4-28-16-9-11-17(12-10-16)29-15(2)24(26)25-20-14-22-19(13-23(20)27-3)18-7-5-6-8-21(18)30-22/h5-15H,4H2,1-3H3,(H,25,26)/t15-/m1/s1. The number of carbonyl (C=O) groups excluding carboxylic acids is 1. The molecule has 1 aromatic heterocycles. The highest BCUT2D eigenvalue weighted by Crippen LogP contribution is 2.36. The summed E-state index contributed by atoms with van der Waals surface area (Å²) in [5.74, 6) is 1.60. The average Bonchev–Trinajstić information content (AvgIpc) is 3.12. The summed E-state index contributed by atoms with van der Waals surface area (Å²) in [6, 6.07) is 18.6. The number of hydrogen-bond acceptors (Lipinski definition) is 5. The van der Waals surface area contributed by atoms with Crippen LogP contribution in [-0.4, -0.2) is 25.7 Å². The molecule has 1 amide bonds. The summed E-state index contributed by atoms with van der Waals surface area (Å²) in [5, 5.41) is 4.80. The Morgan fingerprint density at radius 3 is 2.47 bits per heavy atom. The van der Waals surface area contributed by atoms with Crippen molar-refractivity contribution in [2.24, 2.45) is 0 Å². The molecule has 6 heteroatoms. The Labute approximate surface area is 174 Å². The van der Waals surface area contributed by atoms with E-state index < -0.39 is 6.10 Å². The Balaban J connectivity index is 1.53. The molecule has 0 aliphatic heterocycles. The van der Waals surface area contributed by atoms with E-state index >= 15 is 0 Å². The van der Waals surface area contributed by atoms with E-state index in [2.05, 4.69) is 5.32 Å². The molecule has 0 bridgehead atoms. The molecular formula is C24H23NO5. The van der Waals surface area contributed by atoms with Crippen LogP contribution in [0.15, 0.2) is 65.1 Å². The summed E-state index contributed by atoms with van der Waals surface area (Å²) in [7, 11) is 1.57. The van der Waals surface area contributed by atoms with E-state index in [-0.39, 0.29) is 5.91 Å². The molecule has 1 atom stereocenters. The number of hydrogen-bond donors (Lipinski definition) is 1. The minimum absolute atomic E-state index is 0.294. The van der Waals surface area contributed by atoms with Gasteiger partial charge in [0, 0.05) is 16.8 Å². The second kappa shape index (κ2) is 8.37. The quantitative estimate of drug-likeness (QED) is 0.446. The van der Waals surface area contributed by atoms with Crippen molar-refractivity contribution < 1.29 is 23.4 Å². The van der Waals surface area contributed by atoms with E-state index in [1.165, 1.54) is 0 Å². The summed E-state index contributed by atoms with van der Waals surface area (Å²) >= 11 is 0. The number of nitrogens with one attached hydrogen (secondary N) is 1. The molecule has 0 spiro atoms. The predicted molar refractivity (Wildman–Crippen MR) is 117 cm³/mol. The van der Waals surface area contributed by atoms with Gasteiger partial charge in [-0.05, 0) is 50.2 Å². The molecule has 154 valence electrons. The zero-order chi connectivity index (χ0) is 21.1. The van der Waals surface area contributed by atoms with Gasteiger partial charge in [-0.15, -0.1) is 0 Å². The van der Waals surface area contributed by atoms with Crippen LogP contribution in [0.2, 0.25) is 0 Å². The van der Waals surface area contributed by atoms with E-state index in [1.54, 1.807) is 32.2 Å². The normalized spacial score (nSPS) is 12.0. The Kier molecular flexibility index (Phi) is 5.48. The number of ether oxygens (including phenoxy) is 3. The lowest BCUT2D eigenvalue weighted by Crippen LogP contribution is -2.30. The third-order valence-corrected chi connectivity index (χ3v) is 4.77. The highest BCUT2D eigenvalue weighted by molar-refractivity contribution is 6.08. The van der Waals surface area contributed by atoms with Crippen LogP contribution in [0, 0.1) is 0 Å². The molecule has 0 unspecified atom stereocenters. The van der Waals surface area contributed by atoms with Crippen molar-refractivity contribution in [3.63, 3.8) is 0 Å². The molecule has 4 aromatic rings. The molecule has 1 heterocycles. The van der Waals surface area contributed by atoms with Gasteiger partial charge in [0.15, 0.2) is 6.10 Å². The predicted octanol–water partition coefficient (Wildman–Crippen LogP) is 5.40. The number of rotatable bonds is 7. The minimum atomic E-state index is -0.709. The number of methoxy groups -OCH3 is 1. The van der Waals surface area contributed by atoms with Crippen molar-refractivity contribution in [1.82, 2.24) is 0 Å². The van der Waals surface area contributed by atoms with E-state index in [1.807, 2.05) is 49.4 Å². The second-order valence-electron chi connectivity index (χ2n) is 6.80. The number of benzene rings is 3. The third kappa shape index (κ3) is 3.89. The maximum atomic E-state index is 12.7. The smallest absolute Gasteiger partial charge is 0.265 e. The van der Waals surface area contributed by atoms with Crippen LogP contribution in [0.5, 0.6) is 17.2 Å². The van der Waals surface area contributed by atoms with Crippen molar-refractivity contribution >= 4 is 33.5 Å². The first kappa shape index (κ1) is 19.6. The van der Waals surface area contributed by atoms with Gasteiger partial charge < -0.3 is 23.9 Å². The van der Waals surface area contributed by atoms with Crippen LogP contribution >= 0.6 is 0 Å². The summed E-state index contributed by atoms with van der Waals surface area (Å²) in [5.41, 5.74) is 1.98. The molecule has 4 rings (SSSR count). The van der Waals surface area contributed by atoms with Gasteiger partial charge in [0.05, 0.1) is 19.4 Å². The lowest BCUT2D eigenvalue weighted by atomic mass is 10.1. The fourth-order valence-electron chi connectivity index (χ4n) is 3.29. The van der Waals surface area contributed by atoms with E-state index in [0.29, 0.717) is 29.4 Å². The first-order valence-electron chi connectivity index (χ1n) is 9.78. The number of para-hydroxylation sites is 1. The summed E-state index contributed by atoms with van der Waals surface area (Å²) < 4.78 is 22.6. The topological polar surface area (TPSA) is 69.9 Å². The number of furan rings is 1. The number of carbonyl (C=O) groups is 1. The van der Waals surface area contributed by atoms with Gasteiger partial charge in [0.2, 0.25) is 0 Å².